The number of ether oxygens (including phenoxy) is 2. The smallest absolute Gasteiger partial charge is 0.258 e. The second-order valence-corrected chi connectivity index (χ2v) is 10.4. The van der Waals surface area contributed by atoms with Gasteiger partial charge in [-0.25, -0.2) is 9.97 Å². The van der Waals surface area contributed by atoms with Crippen molar-refractivity contribution in [2.24, 2.45) is 0 Å². The largest absolute Gasteiger partial charge is 0.493 e. The number of carbonyl (C=O) groups is 4. The van der Waals surface area contributed by atoms with Crippen molar-refractivity contribution in [1.82, 2.24) is 30.4 Å². The van der Waals surface area contributed by atoms with Gasteiger partial charge in [-0.1, -0.05) is 0 Å². The van der Waals surface area contributed by atoms with Crippen LogP contribution in [0, 0.1) is 6.92 Å². The molecule has 0 spiro atoms. The van der Waals surface area contributed by atoms with E-state index in [1.807, 2.05) is 14.1 Å². The van der Waals surface area contributed by atoms with Crippen LogP contribution in [0.3, 0.4) is 0 Å². The molecule has 0 fully saturated rings. The van der Waals surface area contributed by atoms with Gasteiger partial charge in [0.15, 0.2) is 18.1 Å². The summed E-state index contributed by atoms with van der Waals surface area (Å²) < 4.78 is 10.9. The second kappa shape index (κ2) is 15.0. The SMILES string of the molecule is COc1cc2ccc1OCC(=O)N[C@@H](C)C(=O)N(C)CCCCN(C(=O)c1cnc(N(C)C)nc1C)CCCNC2=O. The summed E-state index contributed by atoms with van der Waals surface area (Å²) in [6.45, 7) is 4.72. The maximum absolute atomic E-state index is 13.5. The number of methoxy groups -OCH3 is 1. The molecule has 42 heavy (non-hydrogen) atoms. The summed E-state index contributed by atoms with van der Waals surface area (Å²) >= 11 is 0. The predicted octanol–water partition coefficient (Wildman–Crippen LogP) is 1.26. The number of amides is 4. The van der Waals surface area contributed by atoms with Crippen molar-refractivity contribution in [3.63, 3.8) is 0 Å². The number of anilines is 1. The van der Waals surface area contributed by atoms with Crippen molar-refractivity contribution in [2.45, 2.75) is 39.2 Å². The van der Waals surface area contributed by atoms with E-state index in [-0.39, 0.29) is 24.3 Å². The topological polar surface area (TPSA) is 146 Å². The van der Waals surface area contributed by atoms with Gasteiger partial charge in [-0.2, -0.15) is 0 Å². The lowest BCUT2D eigenvalue weighted by Gasteiger charge is -2.25. The van der Waals surface area contributed by atoms with Gasteiger partial charge in [0, 0.05) is 59.1 Å². The van der Waals surface area contributed by atoms with Crippen LogP contribution in [0.2, 0.25) is 0 Å². The number of nitrogens with zero attached hydrogens (tertiary/aromatic N) is 5. The molecule has 0 saturated heterocycles. The average Bonchev–Trinajstić information content (AvgIpc) is 2.97. The lowest BCUT2D eigenvalue weighted by Crippen LogP contribution is -2.47. The Hall–Kier alpha value is -4.42. The second-order valence-electron chi connectivity index (χ2n) is 10.4. The van der Waals surface area contributed by atoms with Crippen molar-refractivity contribution in [2.75, 3.05) is 65.9 Å². The van der Waals surface area contributed by atoms with Crippen LogP contribution in [-0.2, 0) is 9.59 Å². The lowest BCUT2D eigenvalue weighted by molar-refractivity contribution is -0.135. The van der Waals surface area contributed by atoms with E-state index in [0.29, 0.717) is 79.7 Å². The highest BCUT2D eigenvalue weighted by Crippen LogP contribution is 2.28. The average molecular weight is 584 g/mol. The fraction of sp³-hybridized carbons (Fsp3) is 0.517. The van der Waals surface area contributed by atoms with Crippen LogP contribution < -0.4 is 25.0 Å². The lowest BCUT2D eigenvalue weighted by atomic mass is 10.1. The molecule has 13 heteroatoms. The number of likely N-dealkylation sites (N-methyl/N-ethyl adjacent to an activating group) is 1. The summed E-state index contributed by atoms with van der Waals surface area (Å²) in [7, 11) is 6.79. The van der Waals surface area contributed by atoms with E-state index in [1.165, 1.54) is 13.2 Å². The van der Waals surface area contributed by atoms with Crippen LogP contribution in [-0.4, -0.2) is 110 Å². The third kappa shape index (κ3) is 8.54. The third-order valence-electron chi connectivity index (χ3n) is 6.85. The minimum Gasteiger partial charge on any atom is -0.493 e. The van der Waals surface area contributed by atoms with Crippen molar-refractivity contribution in [1.29, 1.82) is 0 Å². The van der Waals surface area contributed by atoms with Crippen molar-refractivity contribution in [3.05, 3.63) is 41.2 Å². The van der Waals surface area contributed by atoms with Crippen LogP contribution >= 0.6 is 0 Å². The monoisotopic (exact) mass is 583 g/mol. The van der Waals surface area contributed by atoms with Gasteiger partial charge in [0.05, 0.1) is 18.4 Å². The first kappa shape index (κ1) is 32.1. The number of carbonyl (C=O) groups excluding carboxylic acids is 4. The third-order valence-corrected chi connectivity index (χ3v) is 6.85. The van der Waals surface area contributed by atoms with E-state index < -0.39 is 11.9 Å². The van der Waals surface area contributed by atoms with Gasteiger partial charge in [-0.05, 0) is 51.3 Å². The molecule has 0 radical (unpaired) electrons. The van der Waals surface area contributed by atoms with Gasteiger partial charge in [-0.15, -0.1) is 0 Å². The van der Waals surface area contributed by atoms with Gasteiger partial charge in [0.1, 0.15) is 6.04 Å². The highest BCUT2D eigenvalue weighted by Gasteiger charge is 2.22. The molecule has 13 nitrogen and oxygen atoms in total. The van der Waals surface area contributed by atoms with Crippen LogP contribution in [0.4, 0.5) is 5.95 Å². The number of nitrogens with one attached hydrogen (secondary N) is 2. The zero-order valence-corrected chi connectivity index (χ0v) is 25.2. The Morgan fingerprint density at radius 3 is 2.52 bits per heavy atom. The highest BCUT2D eigenvalue weighted by atomic mass is 16.5. The summed E-state index contributed by atoms with van der Waals surface area (Å²) in [4.78, 5) is 65.5. The fourth-order valence-corrected chi connectivity index (χ4v) is 4.45. The van der Waals surface area contributed by atoms with Gasteiger partial charge >= 0.3 is 0 Å². The van der Waals surface area contributed by atoms with Gasteiger partial charge < -0.3 is 34.8 Å². The molecule has 0 unspecified atom stereocenters. The van der Waals surface area contributed by atoms with E-state index in [1.54, 1.807) is 53.9 Å². The molecule has 228 valence electrons. The Bertz CT molecular complexity index is 1290. The van der Waals surface area contributed by atoms with Crippen LogP contribution in [0.25, 0.3) is 0 Å². The number of benzene rings is 1. The molecule has 2 aliphatic rings. The summed E-state index contributed by atoms with van der Waals surface area (Å²) in [5, 5.41) is 5.54. The molecule has 0 saturated carbocycles. The van der Waals surface area contributed by atoms with Crippen molar-refractivity contribution >= 4 is 29.6 Å². The number of hydrogen-bond donors (Lipinski definition) is 2. The molecular weight excluding hydrogens is 542 g/mol. The number of hydrogen-bond acceptors (Lipinski definition) is 9. The van der Waals surface area contributed by atoms with E-state index in [9.17, 15) is 19.2 Å². The van der Waals surface area contributed by atoms with Gasteiger partial charge in [0.25, 0.3) is 17.7 Å². The molecule has 1 aromatic carbocycles. The van der Waals surface area contributed by atoms with Crippen LogP contribution in [0.1, 0.15) is 52.6 Å². The first-order chi connectivity index (χ1) is 20.0. The number of aryl methyl sites for hydroxylation is 1. The normalized spacial score (nSPS) is 18.0. The highest BCUT2D eigenvalue weighted by molar-refractivity contribution is 5.95. The zero-order chi connectivity index (χ0) is 30.8. The Kier molecular flexibility index (Phi) is 11.5. The molecule has 4 rings (SSSR count). The first-order valence-corrected chi connectivity index (χ1v) is 14.0. The minimum atomic E-state index is -0.751. The summed E-state index contributed by atoms with van der Waals surface area (Å²) in [6.07, 6.45) is 3.36. The first-order valence-electron chi connectivity index (χ1n) is 14.0. The minimum absolute atomic E-state index is 0.191. The van der Waals surface area contributed by atoms with Crippen LogP contribution in [0.15, 0.2) is 24.4 Å². The standard InChI is InChI=1S/C29H41N7O6/c1-19-22(17-31-29(33-19)34(3)4)28(40)36-14-8-7-13-35(5)27(39)20(2)32-25(37)18-42-23-11-10-21(16-24(23)41-6)26(38)30-12-9-15-36/h10-11,16-17,20H,7-9,12-15,18H2,1-6H3,(H,30,38)(H,32,37)/t20-/m0/s1. The van der Waals surface area contributed by atoms with E-state index in [4.69, 9.17) is 9.47 Å². The predicted molar refractivity (Wildman–Crippen MR) is 157 cm³/mol. The summed E-state index contributed by atoms with van der Waals surface area (Å²) in [5.74, 6) is -0.0986. The number of rotatable bonds is 3. The summed E-state index contributed by atoms with van der Waals surface area (Å²) in [6, 6.07) is 3.91. The molecule has 1 aromatic heterocycles. The Morgan fingerprint density at radius 1 is 1.12 bits per heavy atom. The van der Waals surface area contributed by atoms with Crippen molar-refractivity contribution in [3.8, 4) is 11.5 Å². The number of fused-ring (bicyclic) bond motifs is 18. The molecule has 2 bridgehead atoms. The Morgan fingerprint density at radius 2 is 1.83 bits per heavy atom. The van der Waals surface area contributed by atoms with Gasteiger partial charge in [0.2, 0.25) is 11.9 Å². The molecule has 2 N–H and O–H groups in total. The summed E-state index contributed by atoms with van der Waals surface area (Å²) in [5.41, 5.74) is 1.36. The molecule has 3 heterocycles. The zero-order valence-electron chi connectivity index (χ0n) is 25.2. The number of aromatic nitrogens is 2. The Labute approximate surface area is 246 Å². The molecular formula is C29H41N7O6. The maximum atomic E-state index is 13.5. The van der Waals surface area contributed by atoms with E-state index >= 15 is 0 Å². The van der Waals surface area contributed by atoms with Gasteiger partial charge in [-0.3, -0.25) is 19.2 Å². The molecule has 2 aliphatic heterocycles. The molecule has 2 aromatic rings. The fourth-order valence-electron chi connectivity index (χ4n) is 4.45. The maximum Gasteiger partial charge on any atom is 0.258 e. The quantitative estimate of drug-likeness (QED) is 0.510. The van der Waals surface area contributed by atoms with E-state index in [0.717, 1.165) is 0 Å². The molecule has 1 atom stereocenters. The molecule has 0 aliphatic carbocycles. The Balaban J connectivity index is 1.80. The molecule has 4 amide bonds. The van der Waals surface area contributed by atoms with E-state index in [2.05, 4.69) is 20.6 Å². The van der Waals surface area contributed by atoms with Crippen molar-refractivity contribution < 1.29 is 28.7 Å². The van der Waals surface area contributed by atoms with Crippen LogP contribution in [0.5, 0.6) is 11.5 Å².